The van der Waals surface area contributed by atoms with E-state index in [0.29, 0.717) is 18.7 Å². The first-order valence-electron chi connectivity index (χ1n) is 6.43. The molecule has 1 fully saturated rings. The Morgan fingerprint density at radius 3 is 3.05 bits per heavy atom. The number of hydrogen-bond acceptors (Lipinski definition) is 4. The van der Waals surface area contributed by atoms with Crippen molar-refractivity contribution in [1.82, 2.24) is 10.2 Å². The summed E-state index contributed by atoms with van der Waals surface area (Å²) >= 11 is 1.47. The van der Waals surface area contributed by atoms with Gasteiger partial charge in [0.15, 0.2) is 0 Å². The van der Waals surface area contributed by atoms with Crippen molar-refractivity contribution >= 4 is 23.2 Å². The summed E-state index contributed by atoms with van der Waals surface area (Å²) in [6.07, 6.45) is 2.09. The minimum Gasteiger partial charge on any atom is -0.394 e. The van der Waals surface area contributed by atoms with Gasteiger partial charge in [-0.25, -0.2) is 0 Å². The van der Waals surface area contributed by atoms with Gasteiger partial charge in [-0.15, -0.1) is 0 Å². The highest BCUT2D eigenvalue weighted by molar-refractivity contribution is 7.08. The molecule has 2 amide bonds. The van der Waals surface area contributed by atoms with E-state index in [0.717, 1.165) is 12.8 Å². The molecule has 1 saturated heterocycles. The van der Waals surface area contributed by atoms with Crippen LogP contribution in [-0.2, 0) is 4.79 Å². The third kappa shape index (κ3) is 3.54. The summed E-state index contributed by atoms with van der Waals surface area (Å²) in [4.78, 5) is 25.3. The largest absolute Gasteiger partial charge is 0.394 e. The number of hydrogen-bond donors (Lipinski definition) is 2. The SMILES string of the molecule is O=C(NCCC(=O)N1CCCC1CO)c1ccsc1. The van der Waals surface area contributed by atoms with Gasteiger partial charge in [-0.05, 0) is 24.3 Å². The lowest BCUT2D eigenvalue weighted by atomic mass is 10.2. The maximum Gasteiger partial charge on any atom is 0.252 e. The standard InChI is InChI=1S/C13H18N2O3S/c16-8-11-2-1-6-15(11)12(17)3-5-14-13(18)10-4-7-19-9-10/h4,7,9,11,16H,1-3,5-6,8H2,(H,14,18). The van der Waals surface area contributed by atoms with E-state index in [1.165, 1.54) is 11.3 Å². The van der Waals surface area contributed by atoms with Crippen LogP contribution in [0, 0.1) is 0 Å². The zero-order valence-electron chi connectivity index (χ0n) is 10.7. The van der Waals surface area contributed by atoms with Crippen LogP contribution in [0.5, 0.6) is 0 Å². The van der Waals surface area contributed by atoms with Gasteiger partial charge in [-0.1, -0.05) is 0 Å². The lowest BCUT2D eigenvalue weighted by Gasteiger charge is -2.23. The normalized spacial score (nSPS) is 18.6. The van der Waals surface area contributed by atoms with E-state index in [1.807, 2.05) is 5.38 Å². The molecule has 2 rings (SSSR count). The van der Waals surface area contributed by atoms with Gasteiger partial charge in [0.25, 0.3) is 5.91 Å². The number of carbonyl (C=O) groups excluding carboxylic acids is 2. The molecule has 2 N–H and O–H groups in total. The first-order chi connectivity index (χ1) is 9.22. The fraction of sp³-hybridized carbons (Fsp3) is 0.538. The fourth-order valence-corrected chi connectivity index (χ4v) is 2.91. The number of nitrogens with zero attached hydrogens (tertiary/aromatic N) is 1. The number of amides is 2. The summed E-state index contributed by atoms with van der Waals surface area (Å²) in [7, 11) is 0. The van der Waals surface area contributed by atoms with Crippen LogP contribution >= 0.6 is 11.3 Å². The molecule has 1 aliphatic rings. The molecule has 19 heavy (non-hydrogen) atoms. The van der Waals surface area contributed by atoms with Gasteiger partial charge in [0.1, 0.15) is 0 Å². The predicted octanol–water partition coefficient (Wildman–Crippen LogP) is 0.851. The second-order valence-electron chi connectivity index (χ2n) is 4.58. The van der Waals surface area contributed by atoms with Gasteiger partial charge in [-0.2, -0.15) is 11.3 Å². The van der Waals surface area contributed by atoms with Crippen molar-refractivity contribution in [2.45, 2.75) is 25.3 Å². The molecule has 104 valence electrons. The lowest BCUT2D eigenvalue weighted by molar-refractivity contribution is -0.132. The quantitative estimate of drug-likeness (QED) is 0.841. The van der Waals surface area contributed by atoms with Crippen molar-refractivity contribution in [3.05, 3.63) is 22.4 Å². The molecular formula is C13H18N2O3S. The van der Waals surface area contributed by atoms with Gasteiger partial charge in [0.2, 0.25) is 5.91 Å². The molecule has 1 aromatic rings. The highest BCUT2D eigenvalue weighted by Gasteiger charge is 2.27. The predicted molar refractivity (Wildman–Crippen MR) is 73.1 cm³/mol. The summed E-state index contributed by atoms with van der Waals surface area (Å²) in [5.74, 6) is -0.142. The van der Waals surface area contributed by atoms with Gasteiger partial charge >= 0.3 is 0 Å². The molecule has 0 bridgehead atoms. The van der Waals surface area contributed by atoms with E-state index in [2.05, 4.69) is 5.32 Å². The molecule has 5 nitrogen and oxygen atoms in total. The molecule has 0 aromatic carbocycles. The lowest BCUT2D eigenvalue weighted by Crippen LogP contribution is -2.39. The number of aliphatic hydroxyl groups is 1. The summed E-state index contributed by atoms with van der Waals surface area (Å²) in [6, 6.07) is 1.71. The topological polar surface area (TPSA) is 69.6 Å². The second-order valence-corrected chi connectivity index (χ2v) is 5.36. The van der Waals surface area contributed by atoms with Crippen molar-refractivity contribution in [1.29, 1.82) is 0 Å². The van der Waals surface area contributed by atoms with Gasteiger partial charge in [-0.3, -0.25) is 9.59 Å². The number of carbonyl (C=O) groups is 2. The Morgan fingerprint density at radius 2 is 2.37 bits per heavy atom. The van der Waals surface area contributed by atoms with Crippen LogP contribution in [0.15, 0.2) is 16.8 Å². The van der Waals surface area contributed by atoms with E-state index >= 15 is 0 Å². The van der Waals surface area contributed by atoms with Gasteiger partial charge in [0.05, 0.1) is 12.6 Å². The zero-order chi connectivity index (χ0) is 13.7. The molecule has 1 unspecified atom stereocenters. The third-order valence-electron chi connectivity index (χ3n) is 3.32. The van der Waals surface area contributed by atoms with Crippen LogP contribution < -0.4 is 5.32 Å². The minimum absolute atomic E-state index is 0.00201. The highest BCUT2D eigenvalue weighted by atomic mass is 32.1. The Kier molecular flexibility index (Phi) is 4.93. The van der Waals surface area contributed by atoms with Crippen LogP contribution in [0.1, 0.15) is 29.6 Å². The smallest absolute Gasteiger partial charge is 0.252 e. The molecule has 0 spiro atoms. The Bertz CT molecular complexity index is 433. The fourth-order valence-electron chi connectivity index (χ4n) is 2.28. The Labute approximate surface area is 116 Å². The van der Waals surface area contributed by atoms with Crippen molar-refractivity contribution in [3.8, 4) is 0 Å². The zero-order valence-corrected chi connectivity index (χ0v) is 11.5. The minimum atomic E-state index is -0.144. The van der Waals surface area contributed by atoms with E-state index < -0.39 is 0 Å². The summed E-state index contributed by atoms with van der Waals surface area (Å²) in [6.45, 7) is 1.07. The van der Waals surface area contributed by atoms with Crippen LogP contribution in [0.3, 0.4) is 0 Å². The van der Waals surface area contributed by atoms with E-state index in [9.17, 15) is 9.59 Å². The Hall–Kier alpha value is -1.40. The maximum absolute atomic E-state index is 11.9. The van der Waals surface area contributed by atoms with Gasteiger partial charge < -0.3 is 15.3 Å². The van der Waals surface area contributed by atoms with Crippen LogP contribution in [-0.4, -0.2) is 47.6 Å². The molecule has 2 heterocycles. The highest BCUT2D eigenvalue weighted by Crippen LogP contribution is 2.17. The van der Waals surface area contributed by atoms with Crippen molar-refractivity contribution in [3.63, 3.8) is 0 Å². The first kappa shape index (κ1) is 14.0. The molecule has 1 atom stereocenters. The van der Waals surface area contributed by atoms with Crippen LogP contribution in [0.4, 0.5) is 0 Å². The average molecular weight is 282 g/mol. The number of nitrogens with one attached hydrogen (secondary N) is 1. The summed E-state index contributed by atoms with van der Waals surface area (Å²) < 4.78 is 0. The molecular weight excluding hydrogens is 264 g/mol. The molecule has 0 saturated carbocycles. The number of rotatable bonds is 5. The van der Waals surface area contributed by atoms with E-state index in [1.54, 1.807) is 16.3 Å². The van der Waals surface area contributed by atoms with Crippen LogP contribution in [0.25, 0.3) is 0 Å². The maximum atomic E-state index is 11.9. The molecule has 1 aromatic heterocycles. The monoisotopic (exact) mass is 282 g/mol. The molecule has 0 radical (unpaired) electrons. The van der Waals surface area contributed by atoms with Crippen molar-refractivity contribution < 1.29 is 14.7 Å². The molecule has 1 aliphatic heterocycles. The van der Waals surface area contributed by atoms with E-state index in [4.69, 9.17) is 5.11 Å². The van der Waals surface area contributed by atoms with Crippen LogP contribution in [0.2, 0.25) is 0 Å². The number of thiophene rings is 1. The number of aliphatic hydroxyl groups excluding tert-OH is 1. The second kappa shape index (κ2) is 6.68. The third-order valence-corrected chi connectivity index (χ3v) is 4.00. The average Bonchev–Trinajstić information content (AvgIpc) is 3.09. The molecule has 6 heteroatoms. The van der Waals surface area contributed by atoms with Gasteiger partial charge in [0, 0.05) is 30.5 Å². The van der Waals surface area contributed by atoms with E-state index in [-0.39, 0.29) is 30.9 Å². The Balaban J connectivity index is 1.73. The number of likely N-dealkylation sites (tertiary alicyclic amines) is 1. The Morgan fingerprint density at radius 1 is 1.53 bits per heavy atom. The summed E-state index contributed by atoms with van der Waals surface area (Å²) in [5, 5.41) is 15.5. The summed E-state index contributed by atoms with van der Waals surface area (Å²) in [5.41, 5.74) is 0.631. The van der Waals surface area contributed by atoms with Crippen molar-refractivity contribution in [2.75, 3.05) is 19.7 Å². The molecule has 0 aliphatic carbocycles. The van der Waals surface area contributed by atoms with Crippen molar-refractivity contribution in [2.24, 2.45) is 0 Å². The first-order valence-corrected chi connectivity index (χ1v) is 7.37.